The smallest absolute Gasteiger partial charge is 0.217 e. The summed E-state index contributed by atoms with van der Waals surface area (Å²) in [4.78, 5) is 12.6. The molecule has 494 valence electrons. The maximum absolute atomic E-state index is 12.9. The lowest BCUT2D eigenvalue weighted by Crippen LogP contribution is -2.19. The third-order valence-corrected chi connectivity index (χ3v) is 10.6. The highest BCUT2D eigenvalue weighted by molar-refractivity contribution is 5.72. The number of aliphatic hydroxyl groups is 2. The normalized spacial score (nSPS) is 13.8. The first-order valence-electron chi connectivity index (χ1n) is 30.5. The van der Waals surface area contributed by atoms with E-state index in [0.29, 0.717) is 19.3 Å². The molecule has 0 spiro atoms. The number of methoxy groups -OCH3 is 3. The topological polar surface area (TPSA) is 182 Å². The Hall–Kier alpha value is -4.14. The molecule has 0 radical (unpaired) electrons. The number of amides is 1. The van der Waals surface area contributed by atoms with Crippen LogP contribution in [-0.4, -0.2) is 158 Å². The van der Waals surface area contributed by atoms with Gasteiger partial charge >= 0.3 is 0 Å². The molecular formula is C67H126F2N4O11. The van der Waals surface area contributed by atoms with Gasteiger partial charge in [0, 0.05) is 91.2 Å². The maximum Gasteiger partial charge on any atom is 0.217 e. The van der Waals surface area contributed by atoms with Gasteiger partial charge in [-0.15, -0.1) is 5.16 Å². The Labute approximate surface area is 512 Å². The van der Waals surface area contributed by atoms with Crippen molar-refractivity contribution in [1.29, 1.82) is 0 Å². The summed E-state index contributed by atoms with van der Waals surface area (Å²) in [5.74, 6) is 1.70. The zero-order valence-electron chi connectivity index (χ0n) is 56.6. The molecule has 5 N–H and O–H groups in total. The first kappa shape index (κ1) is 91.0. The highest BCUT2D eigenvalue weighted by Crippen LogP contribution is 2.31. The Morgan fingerprint density at radius 2 is 1.30 bits per heavy atom. The van der Waals surface area contributed by atoms with Crippen LogP contribution >= 0.6 is 0 Å². The number of aliphatic hydroxyl groups excluding tert-OH is 1. The van der Waals surface area contributed by atoms with E-state index in [1.165, 1.54) is 75.3 Å². The van der Waals surface area contributed by atoms with Crippen molar-refractivity contribution in [3.63, 3.8) is 0 Å². The van der Waals surface area contributed by atoms with Crippen molar-refractivity contribution in [1.82, 2.24) is 15.5 Å². The number of carbonyl (C=O) groups excluding carboxylic acids is 1. The van der Waals surface area contributed by atoms with Crippen molar-refractivity contribution in [3.05, 3.63) is 101 Å². The Morgan fingerprint density at radius 3 is 1.61 bits per heavy atom. The Balaban J connectivity index is -0.000000200. The maximum atomic E-state index is 12.9. The number of benzene rings is 3. The van der Waals surface area contributed by atoms with Crippen molar-refractivity contribution >= 4 is 12.1 Å². The predicted molar refractivity (Wildman–Crippen MR) is 348 cm³/mol. The van der Waals surface area contributed by atoms with Gasteiger partial charge in [-0.3, -0.25) is 4.79 Å². The molecule has 3 aromatic carbocycles. The summed E-state index contributed by atoms with van der Waals surface area (Å²) in [5.41, 5.74) is 2.28. The summed E-state index contributed by atoms with van der Waals surface area (Å²) in [5, 5.41) is 31.9. The van der Waals surface area contributed by atoms with Gasteiger partial charge in [0.15, 0.2) is 0 Å². The number of nitrogens with zero attached hydrogens (tertiary/aromatic N) is 2. The van der Waals surface area contributed by atoms with E-state index >= 15 is 0 Å². The van der Waals surface area contributed by atoms with Crippen LogP contribution in [0, 0.1) is 23.5 Å². The first-order valence-corrected chi connectivity index (χ1v) is 30.5. The summed E-state index contributed by atoms with van der Waals surface area (Å²) in [6, 6.07) is 22.4. The van der Waals surface area contributed by atoms with E-state index in [0.717, 1.165) is 108 Å². The molecule has 17 heteroatoms. The number of hydrogen-bond acceptors (Lipinski definition) is 14. The SMILES string of the molecule is C/C=N/O.CC(=O)NCc1ccc(F)cc1F.CC(C)(C)O.CC1CC1.CCC1CC1.CCN(C)C.CCNC1CC1.CCO.CCOC.CCOC1CCOC1.CCOCCOC.CCOCc1ccccc1.CCc1ccccc1OC. The average molecular weight is 1200 g/mol. The number of halogens is 2. The van der Waals surface area contributed by atoms with Gasteiger partial charge in [-0.05, 0) is 150 Å². The van der Waals surface area contributed by atoms with Gasteiger partial charge in [0.25, 0.3) is 0 Å². The lowest BCUT2D eigenvalue weighted by molar-refractivity contribution is -0.119. The summed E-state index contributed by atoms with van der Waals surface area (Å²) in [6.45, 7) is 38.4. The molecule has 0 bridgehead atoms. The average Bonchev–Trinajstić information content (AvgIpc) is 4.46. The summed E-state index contributed by atoms with van der Waals surface area (Å²) < 4.78 is 60.3. The molecule has 3 aliphatic carbocycles. The number of ether oxygens (including phenoxy) is 7. The van der Waals surface area contributed by atoms with E-state index in [2.05, 4.69) is 92.3 Å². The van der Waals surface area contributed by atoms with Crippen molar-refractivity contribution < 1.29 is 62.2 Å². The van der Waals surface area contributed by atoms with Crippen LogP contribution in [0.4, 0.5) is 8.78 Å². The Bertz CT molecular complexity index is 1740. The second-order valence-corrected chi connectivity index (χ2v) is 20.3. The fourth-order valence-corrected chi connectivity index (χ4v) is 5.11. The second kappa shape index (κ2) is 69.6. The van der Waals surface area contributed by atoms with Crippen molar-refractivity contribution in [2.45, 2.75) is 193 Å². The molecule has 4 aliphatic rings. The fraction of sp³-hybridized carbons (Fsp3) is 0.701. The highest BCUT2D eigenvalue weighted by Gasteiger charge is 2.18. The molecule has 1 saturated heterocycles. The van der Waals surface area contributed by atoms with Gasteiger partial charge in [-0.25, -0.2) is 8.78 Å². The fourth-order valence-electron chi connectivity index (χ4n) is 5.11. The van der Waals surface area contributed by atoms with Gasteiger partial charge in [0.05, 0.1) is 45.2 Å². The molecule has 1 atom stereocenters. The Kier molecular flexibility index (Phi) is 75.5. The van der Waals surface area contributed by atoms with Crippen LogP contribution in [-0.2, 0) is 52.8 Å². The zero-order valence-corrected chi connectivity index (χ0v) is 56.6. The number of para-hydroxylation sites is 1. The van der Waals surface area contributed by atoms with Crippen molar-refractivity contribution in [2.24, 2.45) is 17.0 Å². The molecule has 15 nitrogen and oxygen atoms in total. The predicted octanol–water partition coefficient (Wildman–Crippen LogP) is 14.0. The quantitative estimate of drug-likeness (QED) is 0.0352. The number of rotatable bonds is 18. The van der Waals surface area contributed by atoms with E-state index in [1.807, 2.05) is 64.1 Å². The third-order valence-electron chi connectivity index (χ3n) is 10.6. The standard InChI is InChI=1S/C9H9F2NO.2C9H12O.C6H12O2.C5H11N.C5H12O2.C5H10.C4H11N.C4H10O.C4H8.C3H8O.C2H5NO.C2H6O/c1-6(13)12-5-7-2-3-8(10)4-9(7)11;1-3-8-6-4-5-7-9(8)10-2;1-2-10-8-9-6-4-3-5-7-9;1-2-8-6-3-4-7-5-6;1-2-6-5-3-4-5;1-3-7-5-4-6-2;1-2-5-3-4-5;1-4-5(2)3;1-4(2,3)5;1-4-2-3-4;1-3-4-2;1-2-3-4;1-2-3/h2-4H,5H2,1H3,(H,12,13);4-7H,3H2,1-2H3;3-7H,2,8H2,1H3;6H,2-5H2,1H3;5-6H,2-4H2,1H3;3-5H2,1-2H3;5H,2-4H2,1H3;4H2,1-3H3;5H,1-3H3;4H,2-3H2,1H3;3H2,1-2H3;2,4H,1H3;3H,2H2,1H3/b;;;;;;;;;;;3-2+;. The number of hydrogen-bond donors (Lipinski definition) is 5. The summed E-state index contributed by atoms with van der Waals surface area (Å²) >= 11 is 0. The minimum atomic E-state index is -0.645. The van der Waals surface area contributed by atoms with Gasteiger partial charge in [0.1, 0.15) is 17.4 Å². The minimum absolute atomic E-state index is 0.0848. The van der Waals surface area contributed by atoms with Crippen LogP contribution in [0.25, 0.3) is 0 Å². The van der Waals surface area contributed by atoms with Gasteiger partial charge < -0.3 is 64.1 Å². The van der Waals surface area contributed by atoms with Crippen LogP contribution in [0.2, 0.25) is 0 Å². The molecule has 4 fully saturated rings. The molecule has 3 saturated carbocycles. The molecule has 1 amide bonds. The Morgan fingerprint density at radius 1 is 0.774 bits per heavy atom. The first-order chi connectivity index (χ1) is 40.0. The summed E-state index contributed by atoms with van der Waals surface area (Å²) in [7, 11) is 9.16. The zero-order chi connectivity index (χ0) is 65.2. The van der Waals surface area contributed by atoms with Crippen LogP contribution < -0.4 is 15.4 Å². The van der Waals surface area contributed by atoms with Crippen LogP contribution in [0.1, 0.15) is 172 Å². The van der Waals surface area contributed by atoms with Crippen LogP contribution in [0.3, 0.4) is 0 Å². The van der Waals surface area contributed by atoms with E-state index in [-0.39, 0.29) is 24.6 Å². The molecule has 1 heterocycles. The van der Waals surface area contributed by atoms with Crippen molar-refractivity contribution in [2.75, 3.05) is 108 Å². The number of aryl methyl sites for hydroxylation is 1. The largest absolute Gasteiger partial charge is 0.496 e. The summed E-state index contributed by atoms with van der Waals surface area (Å²) in [6.07, 6.45) is 14.0. The highest BCUT2D eigenvalue weighted by atomic mass is 19.1. The third kappa shape index (κ3) is 86.6. The number of nitrogens with one attached hydrogen (secondary N) is 2. The van der Waals surface area contributed by atoms with Gasteiger partial charge in [-0.2, -0.15) is 0 Å². The molecule has 1 unspecified atom stereocenters. The molecular weight excluding hydrogens is 1070 g/mol. The molecule has 84 heavy (non-hydrogen) atoms. The molecule has 0 aromatic heterocycles. The number of carbonyl (C=O) groups is 1. The molecule has 7 rings (SSSR count). The van der Waals surface area contributed by atoms with Crippen LogP contribution in [0.15, 0.2) is 78.0 Å². The van der Waals surface area contributed by atoms with Crippen LogP contribution in [0.5, 0.6) is 5.75 Å². The van der Waals surface area contributed by atoms with E-state index in [1.54, 1.807) is 55.9 Å². The van der Waals surface area contributed by atoms with E-state index in [9.17, 15) is 13.6 Å². The minimum Gasteiger partial charge on any atom is -0.496 e. The van der Waals surface area contributed by atoms with Gasteiger partial charge in [0.2, 0.25) is 5.91 Å². The van der Waals surface area contributed by atoms with E-state index < -0.39 is 17.2 Å². The van der Waals surface area contributed by atoms with Gasteiger partial charge in [-0.1, -0.05) is 121 Å². The molecule has 3 aromatic rings. The van der Waals surface area contributed by atoms with Crippen molar-refractivity contribution in [3.8, 4) is 5.75 Å². The lowest BCUT2D eigenvalue weighted by atomic mass is 10.1. The number of oxime groups is 1. The van der Waals surface area contributed by atoms with E-state index in [4.69, 9.17) is 43.8 Å². The molecule has 1 aliphatic heterocycles. The lowest BCUT2D eigenvalue weighted by Gasteiger charge is -2.04. The second-order valence-electron chi connectivity index (χ2n) is 20.3. The monoisotopic (exact) mass is 1200 g/mol.